The Kier molecular flexibility index (Phi) is 7.20. The number of likely N-dealkylation sites (tertiary alicyclic amines) is 1. The number of carbonyl (C=O) groups is 4. The fourth-order valence-corrected chi connectivity index (χ4v) is 8.64. The highest BCUT2D eigenvalue weighted by Gasteiger charge is 2.60. The number of carboxylic acid groups (broad SMARTS) is 1. The Bertz CT molecular complexity index is 1220. The maximum atomic E-state index is 13.2. The van der Waals surface area contributed by atoms with Crippen LogP contribution in [0.15, 0.2) is 16.9 Å². The van der Waals surface area contributed by atoms with Gasteiger partial charge in [-0.3, -0.25) is 14.4 Å². The molecule has 6 heterocycles. The average molecular weight is 573 g/mol. The van der Waals surface area contributed by atoms with Gasteiger partial charge < -0.3 is 25.5 Å². The van der Waals surface area contributed by atoms with Crippen molar-refractivity contribution in [3.63, 3.8) is 0 Å². The van der Waals surface area contributed by atoms with Crippen LogP contribution in [0.1, 0.15) is 39.5 Å². The molecule has 216 valence electrons. The number of β-lactam (4-membered cyclic amide) rings is 1. The number of hydrogen-bond acceptors (Lipinski definition) is 10. The van der Waals surface area contributed by atoms with Crippen molar-refractivity contribution in [2.75, 3.05) is 32.7 Å². The van der Waals surface area contributed by atoms with Gasteiger partial charge in [0.15, 0.2) is 5.78 Å². The number of amides is 2. The molecule has 5 aliphatic rings. The van der Waals surface area contributed by atoms with Crippen molar-refractivity contribution in [2.45, 2.75) is 63.4 Å². The summed E-state index contributed by atoms with van der Waals surface area (Å²) in [5.74, 6) is -2.14. The fraction of sp³-hybridized carbons (Fsp3) is 0.731. The van der Waals surface area contributed by atoms with Crippen LogP contribution in [0.2, 0.25) is 0 Å². The predicted octanol–water partition coefficient (Wildman–Crippen LogP) is -0.283. The number of carbonyl (C=O) groups excluding carboxylic acids is 3. The van der Waals surface area contributed by atoms with E-state index in [9.17, 15) is 24.3 Å². The minimum Gasteiger partial charge on any atom is -0.477 e. The van der Waals surface area contributed by atoms with E-state index in [2.05, 4.69) is 26.2 Å². The first-order chi connectivity index (χ1) is 19.2. The molecule has 0 saturated carbocycles. The number of thioether (sulfide) groups is 1. The summed E-state index contributed by atoms with van der Waals surface area (Å²) in [6.45, 7) is 8.15. The molecule has 40 heavy (non-hydrogen) atoms. The van der Waals surface area contributed by atoms with Gasteiger partial charge in [-0.15, -0.1) is 16.9 Å². The minimum atomic E-state index is -1.11. The van der Waals surface area contributed by atoms with Gasteiger partial charge in [0, 0.05) is 55.2 Å². The van der Waals surface area contributed by atoms with Gasteiger partial charge in [-0.2, -0.15) is 0 Å². The lowest BCUT2D eigenvalue weighted by molar-refractivity contribution is -0.160. The van der Waals surface area contributed by atoms with Gasteiger partial charge in [-0.1, -0.05) is 13.8 Å². The summed E-state index contributed by atoms with van der Waals surface area (Å²) in [6.07, 6.45) is 4.26. The number of fused-ring (bicyclic) bond motifs is 1. The van der Waals surface area contributed by atoms with E-state index in [1.54, 1.807) is 0 Å². The first kappa shape index (κ1) is 27.3. The number of Topliss-reactive ketones (excluding diaryl/α,β-unsaturated/α-hetero) is 1. The molecule has 0 aliphatic carbocycles. The zero-order valence-corrected chi connectivity index (χ0v) is 23.6. The average Bonchev–Trinajstić information content (AvgIpc) is 3.63. The largest absolute Gasteiger partial charge is 0.477 e. The third-order valence-electron chi connectivity index (χ3n) is 9.50. The molecule has 13 nitrogen and oxygen atoms in total. The Balaban J connectivity index is 1.07. The maximum absolute atomic E-state index is 13.2. The van der Waals surface area contributed by atoms with E-state index in [1.165, 1.54) is 27.7 Å². The second-order valence-electron chi connectivity index (χ2n) is 12.1. The van der Waals surface area contributed by atoms with Gasteiger partial charge in [-0.05, 0) is 41.0 Å². The van der Waals surface area contributed by atoms with Gasteiger partial charge in [0.2, 0.25) is 11.8 Å². The molecule has 4 saturated heterocycles. The Morgan fingerprint density at radius 2 is 2.00 bits per heavy atom. The SMILES string of the molecule is C[C@@H](CC(=O)Cn1cnnn1)[C@H]1C(=O)N2C(C(=O)O)=C(S[C@@H]3CNC(C(=O)N4CCC5(CC4)CNC5)C3)[C@H](C)[C@H]12. The smallest absolute Gasteiger partial charge is 0.353 e. The van der Waals surface area contributed by atoms with Crippen molar-refractivity contribution < 1.29 is 24.3 Å². The highest BCUT2D eigenvalue weighted by atomic mass is 32.2. The first-order valence-corrected chi connectivity index (χ1v) is 15.0. The summed E-state index contributed by atoms with van der Waals surface area (Å²) in [5, 5.41) is 27.6. The van der Waals surface area contributed by atoms with Crippen molar-refractivity contribution in [3.8, 4) is 0 Å². The standard InChI is InChI=1S/C26H36N8O5S/c1-14(7-16(35)10-33-13-29-30-31-33)19-20-15(2)22(21(25(38)39)34(20)24(19)37)40-17-8-18(28-9-17)23(36)32-5-3-26(4-6-32)11-27-12-26/h13-15,17-20,27-28H,3-12H2,1-2H3,(H,38,39)/t14-,15+,17-,18?,19+,20+/m0/s1. The summed E-state index contributed by atoms with van der Waals surface area (Å²) in [7, 11) is 0. The number of tetrazole rings is 1. The Labute approximate surface area is 236 Å². The van der Waals surface area contributed by atoms with E-state index >= 15 is 0 Å². The van der Waals surface area contributed by atoms with Crippen LogP contribution in [0.4, 0.5) is 0 Å². The Morgan fingerprint density at radius 3 is 2.62 bits per heavy atom. The topological polar surface area (TPSA) is 163 Å². The first-order valence-electron chi connectivity index (χ1n) is 14.1. The van der Waals surface area contributed by atoms with Crippen molar-refractivity contribution in [1.29, 1.82) is 0 Å². The van der Waals surface area contributed by atoms with Gasteiger partial charge in [0.05, 0.1) is 18.0 Å². The fourth-order valence-electron chi connectivity index (χ4n) is 7.17. The van der Waals surface area contributed by atoms with Crippen molar-refractivity contribution in [3.05, 3.63) is 16.9 Å². The molecule has 0 bridgehead atoms. The Morgan fingerprint density at radius 1 is 1.25 bits per heavy atom. The highest BCUT2D eigenvalue weighted by molar-refractivity contribution is 8.03. The summed E-state index contributed by atoms with van der Waals surface area (Å²) in [4.78, 5) is 55.5. The van der Waals surface area contributed by atoms with Crippen LogP contribution in [0.3, 0.4) is 0 Å². The number of aromatic nitrogens is 4. The molecule has 1 spiro atoms. The molecule has 0 radical (unpaired) electrons. The number of ketones is 1. The summed E-state index contributed by atoms with van der Waals surface area (Å²) < 4.78 is 1.35. The van der Waals surface area contributed by atoms with E-state index in [0.29, 0.717) is 23.3 Å². The lowest BCUT2D eigenvalue weighted by Crippen LogP contribution is -2.62. The zero-order valence-electron chi connectivity index (χ0n) is 22.8. The number of aliphatic carboxylic acids is 1. The number of nitrogens with zero attached hydrogens (tertiary/aromatic N) is 6. The maximum Gasteiger partial charge on any atom is 0.353 e. The lowest BCUT2D eigenvalue weighted by atomic mass is 9.73. The second kappa shape index (κ2) is 10.5. The molecule has 4 fully saturated rings. The van der Waals surface area contributed by atoms with E-state index in [-0.39, 0.29) is 65.4 Å². The number of carboxylic acids is 1. The molecule has 1 aromatic rings. The van der Waals surface area contributed by atoms with E-state index < -0.39 is 11.9 Å². The molecule has 6 rings (SSSR count). The molecule has 14 heteroatoms. The van der Waals surface area contributed by atoms with Crippen LogP contribution in [-0.2, 0) is 25.7 Å². The van der Waals surface area contributed by atoms with E-state index in [0.717, 1.165) is 39.0 Å². The molecule has 5 aliphatic heterocycles. The molecule has 6 atom stereocenters. The summed E-state index contributed by atoms with van der Waals surface area (Å²) in [6, 6.07) is -0.556. The minimum absolute atomic E-state index is 0.0337. The number of hydrogen-bond donors (Lipinski definition) is 3. The van der Waals surface area contributed by atoms with Gasteiger partial charge in [0.1, 0.15) is 18.6 Å². The van der Waals surface area contributed by atoms with E-state index in [1.807, 2.05) is 18.7 Å². The van der Waals surface area contributed by atoms with Gasteiger partial charge >= 0.3 is 5.97 Å². The summed E-state index contributed by atoms with van der Waals surface area (Å²) in [5.41, 5.74) is 0.432. The molecule has 1 unspecified atom stereocenters. The molecule has 3 N–H and O–H groups in total. The third-order valence-corrected chi connectivity index (χ3v) is 11.0. The van der Waals surface area contributed by atoms with Crippen LogP contribution in [0.5, 0.6) is 0 Å². The Hall–Kier alpha value is -2.84. The normalized spacial score (nSPS) is 31.6. The monoisotopic (exact) mass is 572 g/mol. The van der Waals surface area contributed by atoms with E-state index in [4.69, 9.17) is 0 Å². The van der Waals surface area contributed by atoms with Crippen LogP contribution in [0.25, 0.3) is 0 Å². The van der Waals surface area contributed by atoms with Gasteiger partial charge in [0.25, 0.3) is 0 Å². The molecule has 1 aromatic heterocycles. The quantitative estimate of drug-likeness (QED) is 0.334. The lowest BCUT2D eigenvalue weighted by Gasteiger charge is -2.48. The number of rotatable bonds is 9. The summed E-state index contributed by atoms with van der Waals surface area (Å²) >= 11 is 1.49. The second-order valence-corrected chi connectivity index (χ2v) is 13.5. The van der Waals surface area contributed by atoms with Crippen molar-refractivity contribution >= 4 is 35.3 Å². The van der Waals surface area contributed by atoms with Crippen molar-refractivity contribution in [2.24, 2.45) is 23.2 Å². The number of piperidine rings is 1. The zero-order chi connectivity index (χ0) is 28.2. The van der Waals surface area contributed by atoms with Crippen LogP contribution in [-0.4, -0.2) is 109 Å². The van der Waals surface area contributed by atoms with Gasteiger partial charge in [-0.25, -0.2) is 9.48 Å². The van der Waals surface area contributed by atoms with Crippen molar-refractivity contribution in [1.82, 2.24) is 40.6 Å². The molecule has 0 aromatic carbocycles. The third kappa shape index (κ3) is 4.73. The predicted molar refractivity (Wildman–Crippen MR) is 143 cm³/mol. The van der Waals surface area contributed by atoms with Crippen LogP contribution in [0, 0.1) is 23.2 Å². The van der Waals surface area contributed by atoms with Crippen LogP contribution < -0.4 is 10.6 Å². The number of nitrogens with one attached hydrogen (secondary N) is 2. The highest BCUT2D eigenvalue weighted by Crippen LogP contribution is 2.53. The molecule has 2 amide bonds. The molecular weight excluding hydrogens is 536 g/mol. The van der Waals surface area contributed by atoms with Crippen LogP contribution >= 0.6 is 11.8 Å². The molecular formula is C26H36N8O5S.